The van der Waals surface area contributed by atoms with E-state index in [-0.39, 0.29) is 12.4 Å². The maximum atomic E-state index is 4.59. The van der Waals surface area contributed by atoms with E-state index >= 15 is 0 Å². The molecule has 3 aromatic rings. The number of allylic oxidation sites excluding steroid dienone is 1. The number of benzene rings is 1. The monoisotopic (exact) mass is 341 g/mol. The van der Waals surface area contributed by atoms with Crippen LogP contribution in [0.4, 0.5) is 5.82 Å². The topological polar surface area (TPSA) is 29.9 Å². The van der Waals surface area contributed by atoms with Crippen LogP contribution in [-0.4, -0.2) is 9.55 Å². The number of hydrogen-bond donors (Lipinski definition) is 1. The van der Waals surface area contributed by atoms with E-state index < -0.39 is 0 Å². The molecule has 126 valence electrons. The molecular formula is C20H24ClN3. The van der Waals surface area contributed by atoms with Crippen LogP contribution in [0, 0.1) is 13.8 Å². The van der Waals surface area contributed by atoms with Crippen molar-refractivity contribution in [2.75, 3.05) is 5.32 Å². The van der Waals surface area contributed by atoms with Crippen LogP contribution in [0.2, 0.25) is 0 Å². The lowest BCUT2D eigenvalue weighted by Crippen LogP contribution is -2.06. The Labute approximate surface area is 149 Å². The number of halogens is 1. The highest BCUT2D eigenvalue weighted by atomic mass is 35.5. The zero-order chi connectivity index (χ0) is 16.2. The zero-order valence-corrected chi connectivity index (χ0v) is 15.1. The first-order chi connectivity index (χ1) is 11.2. The molecule has 0 bridgehead atoms. The molecule has 0 aliphatic heterocycles. The van der Waals surface area contributed by atoms with E-state index in [0.717, 1.165) is 25.3 Å². The van der Waals surface area contributed by atoms with E-state index in [9.17, 15) is 0 Å². The molecule has 4 heteroatoms. The predicted molar refractivity (Wildman–Crippen MR) is 105 cm³/mol. The van der Waals surface area contributed by atoms with Crippen LogP contribution in [0.25, 0.3) is 10.9 Å². The summed E-state index contributed by atoms with van der Waals surface area (Å²) in [7, 11) is 0. The van der Waals surface area contributed by atoms with Crippen molar-refractivity contribution in [2.24, 2.45) is 0 Å². The fraction of sp³-hybridized carbons (Fsp3) is 0.250. The lowest BCUT2D eigenvalue weighted by Gasteiger charge is -2.11. The van der Waals surface area contributed by atoms with Gasteiger partial charge in [0.15, 0.2) is 5.82 Å². The molecule has 0 aliphatic carbocycles. The molecule has 2 heterocycles. The third kappa shape index (κ3) is 3.46. The molecule has 0 aliphatic rings. The molecule has 2 aromatic heterocycles. The van der Waals surface area contributed by atoms with Crippen molar-refractivity contribution in [3.05, 3.63) is 72.1 Å². The first kappa shape index (κ1) is 18.1. The zero-order valence-electron chi connectivity index (χ0n) is 14.2. The molecule has 3 rings (SSSR count). The van der Waals surface area contributed by atoms with Gasteiger partial charge in [-0.3, -0.25) is 0 Å². The number of nitrogens with one attached hydrogen (secondary N) is 1. The van der Waals surface area contributed by atoms with Crippen molar-refractivity contribution in [3.63, 3.8) is 0 Å². The number of aromatic nitrogens is 2. The van der Waals surface area contributed by atoms with Gasteiger partial charge in [-0.05, 0) is 37.5 Å². The van der Waals surface area contributed by atoms with Gasteiger partial charge in [0.25, 0.3) is 0 Å². The minimum atomic E-state index is 0. The van der Waals surface area contributed by atoms with E-state index in [2.05, 4.69) is 65.6 Å². The second kappa shape index (κ2) is 8.02. The number of aryl methyl sites for hydroxylation is 2. The van der Waals surface area contributed by atoms with Crippen molar-refractivity contribution in [1.29, 1.82) is 0 Å². The highest BCUT2D eigenvalue weighted by Gasteiger charge is 2.14. The quantitative estimate of drug-likeness (QED) is 0.619. The lowest BCUT2D eigenvalue weighted by atomic mass is 10.2. The molecular weight excluding hydrogens is 318 g/mol. The summed E-state index contributed by atoms with van der Waals surface area (Å²) in [5.41, 5.74) is 5.08. The van der Waals surface area contributed by atoms with Crippen LogP contribution in [0.1, 0.15) is 23.2 Å². The van der Waals surface area contributed by atoms with Gasteiger partial charge in [-0.2, -0.15) is 0 Å². The van der Waals surface area contributed by atoms with Crippen LogP contribution >= 0.6 is 12.4 Å². The van der Waals surface area contributed by atoms with Crippen molar-refractivity contribution in [2.45, 2.75) is 33.4 Å². The van der Waals surface area contributed by atoms with Crippen molar-refractivity contribution in [1.82, 2.24) is 9.55 Å². The third-order valence-electron chi connectivity index (χ3n) is 4.41. The fourth-order valence-electron chi connectivity index (χ4n) is 3.01. The minimum Gasteiger partial charge on any atom is -0.364 e. The van der Waals surface area contributed by atoms with Gasteiger partial charge < -0.3 is 9.88 Å². The summed E-state index contributed by atoms with van der Waals surface area (Å²) in [6, 6.07) is 12.5. The van der Waals surface area contributed by atoms with Crippen molar-refractivity contribution < 1.29 is 0 Å². The smallest absolute Gasteiger partial charge is 0.150 e. The summed E-state index contributed by atoms with van der Waals surface area (Å²) >= 11 is 0. The average Bonchev–Trinajstić information content (AvgIpc) is 2.84. The number of anilines is 1. The van der Waals surface area contributed by atoms with E-state index in [1.165, 1.54) is 27.7 Å². The second-order valence-electron chi connectivity index (χ2n) is 5.83. The molecule has 1 N–H and O–H groups in total. The molecule has 0 atom stereocenters. The predicted octanol–water partition coefficient (Wildman–Crippen LogP) is 5.26. The van der Waals surface area contributed by atoms with Crippen LogP contribution in [0.15, 0.2) is 55.3 Å². The van der Waals surface area contributed by atoms with E-state index in [1.807, 2.05) is 18.3 Å². The maximum Gasteiger partial charge on any atom is 0.150 e. The molecule has 0 saturated heterocycles. The number of hydrogen-bond acceptors (Lipinski definition) is 2. The van der Waals surface area contributed by atoms with Gasteiger partial charge in [0.1, 0.15) is 0 Å². The molecule has 3 nitrogen and oxygen atoms in total. The summed E-state index contributed by atoms with van der Waals surface area (Å²) in [5, 5.41) is 4.78. The first-order valence-corrected chi connectivity index (χ1v) is 8.05. The summed E-state index contributed by atoms with van der Waals surface area (Å²) < 4.78 is 2.35. The van der Waals surface area contributed by atoms with Gasteiger partial charge in [-0.1, -0.05) is 36.4 Å². The number of fused-ring (bicyclic) bond motifs is 1. The molecule has 0 fully saturated rings. The second-order valence-corrected chi connectivity index (χ2v) is 5.83. The normalized spacial score (nSPS) is 10.4. The Morgan fingerprint density at radius 1 is 1.17 bits per heavy atom. The fourth-order valence-corrected chi connectivity index (χ4v) is 3.01. The Morgan fingerprint density at radius 3 is 2.62 bits per heavy atom. The Hall–Kier alpha value is -2.26. The maximum absolute atomic E-state index is 4.59. The van der Waals surface area contributed by atoms with Crippen LogP contribution in [-0.2, 0) is 13.1 Å². The number of nitrogens with zero attached hydrogens (tertiary/aromatic N) is 2. The highest BCUT2D eigenvalue weighted by molar-refractivity contribution is 5.93. The summed E-state index contributed by atoms with van der Waals surface area (Å²) in [6.45, 7) is 9.92. The molecule has 24 heavy (non-hydrogen) atoms. The number of pyridine rings is 1. The SMILES string of the molecule is C=CCCn1c(C)c(C)c2ccnc(NCc3ccccc3)c21.Cl. The average molecular weight is 342 g/mol. The number of rotatable bonds is 6. The molecule has 0 saturated carbocycles. The van der Waals surface area contributed by atoms with E-state index in [1.54, 1.807) is 0 Å². The summed E-state index contributed by atoms with van der Waals surface area (Å²) in [5.74, 6) is 0.951. The molecule has 0 radical (unpaired) electrons. The largest absolute Gasteiger partial charge is 0.364 e. The molecule has 1 aromatic carbocycles. The van der Waals surface area contributed by atoms with Gasteiger partial charge >= 0.3 is 0 Å². The van der Waals surface area contributed by atoms with Crippen molar-refractivity contribution >= 4 is 29.1 Å². The molecule has 0 spiro atoms. The Kier molecular flexibility index (Phi) is 6.04. The summed E-state index contributed by atoms with van der Waals surface area (Å²) in [6.07, 6.45) is 4.81. The highest BCUT2D eigenvalue weighted by Crippen LogP contribution is 2.30. The Morgan fingerprint density at radius 2 is 1.92 bits per heavy atom. The minimum absolute atomic E-state index is 0. The third-order valence-corrected chi connectivity index (χ3v) is 4.41. The lowest BCUT2D eigenvalue weighted by molar-refractivity contribution is 0.714. The molecule has 0 amide bonds. The van der Waals surface area contributed by atoms with E-state index in [4.69, 9.17) is 0 Å². The van der Waals surface area contributed by atoms with Gasteiger partial charge in [-0.25, -0.2) is 4.98 Å². The van der Waals surface area contributed by atoms with Crippen LogP contribution in [0.3, 0.4) is 0 Å². The summed E-state index contributed by atoms with van der Waals surface area (Å²) in [4.78, 5) is 4.59. The first-order valence-electron chi connectivity index (χ1n) is 8.05. The Bertz CT molecular complexity index is 822. The van der Waals surface area contributed by atoms with Crippen molar-refractivity contribution in [3.8, 4) is 0 Å². The van der Waals surface area contributed by atoms with Gasteiger partial charge in [-0.15, -0.1) is 19.0 Å². The van der Waals surface area contributed by atoms with Gasteiger partial charge in [0.05, 0.1) is 5.52 Å². The Balaban J connectivity index is 0.00000208. The van der Waals surface area contributed by atoms with E-state index in [0.29, 0.717) is 0 Å². The van der Waals surface area contributed by atoms with Crippen LogP contribution < -0.4 is 5.32 Å². The standard InChI is InChI=1S/C20H23N3.ClH/c1-4-5-13-23-16(3)15(2)18-11-12-21-20(19(18)23)22-14-17-9-7-6-8-10-17;/h4,6-12H,1,5,13-14H2,2-3H3,(H,21,22);1H. The van der Waals surface area contributed by atoms with Crippen LogP contribution in [0.5, 0.6) is 0 Å². The van der Waals surface area contributed by atoms with Gasteiger partial charge in [0, 0.05) is 30.4 Å². The van der Waals surface area contributed by atoms with Gasteiger partial charge in [0.2, 0.25) is 0 Å². The molecule has 0 unspecified atom stereocenters.